The van der Waals surface area contributed by atoms with Crippen LogP contribution in [0.1, 0.15) is 16.7 Å². The molecular formula is C27H24N2O4S2. The van der Waals surface area contributed by atoms with Crippen LogP contribution in [0.3, 0.4) is 0 Å². The summed E-state index contributed by atoms with van der Waals surface area (Å²) in [5, 5.41) is 2.88. The minimum atomic E-state index is -0.231. The van der Waals surface area contributed by atoms with E-state index >= 15 is 0 Å². The van der Waals surface area contributed by atoms with E-state index in [1.165, 1.54) is 16.7 Å². The maximum Gasteiger partial charge on any atom is 0.270 e. The molecule has 1 heterocycles. The summed E-state index contributed by atoms with van der Waals surface area (Å²) in [4.78, 5) is 27.3. The fraction of sp³-hybridized carbons (Fsp3) is 0.148. The normalized spacial score (nSPS) is 14.4. The van der Waals surface area contributed by atoms with Gasteiger partial charge < -0.3 is 14.8 Å². The third kappa shape index (κ3) is 5.72. The van der Waals surface area contributed by atoms with Crippen molar-refractivity contribution in [2.45, 2.75) is 13.8 Å². The monoisotopic (exact) mass is 504 g/mol. The van der Waals surface area contributed by atoms with Crippen molar-refractivity contribution in [2.24, 2.45) is 0 Å². The van der Waals surface area contributed by atoms with Crippen molar-refractivity contribution in [2.75, 3.05) is 23.9 Å². The van der Waals surface area contributed by atoms with Crippen molar-refractivity contribution in [3.8, 4) is 11.5 Å². The predicted molar refractivity (Wildman–Crippen MR) is 145 cm³/mol. The highest BCUT2D eigenvalue weighted by Crippen LogP contribution is 2.36. The summed E-state index contributed by atoms with van der Waals surface area (Å²) in [5.74, 6) is 0.863. The average molecular weight is 505 g/mol. The fourth-order valence-electron chi connectivity index (χ4n) is 3.45. The number of methoxy groups -OCH3 is 1. The Balaban J connectivity index is 1.37. The summed E-state index contributed by atoms with van der Waals surface area (Å²) in [5.41, 5.74) is 4.44. The lowest BCUT2D eigenvalue weighted by atomic mass is 10.1. The highest BCUT2D eigenvalue weighted by molar-refractivity contribution is 8.27. The maximum absolute atomic E-state index is 13.0. The molecule has 2 amide bonds. The van der Waals surface area contributed by atoms with E-state index in [2.05, 4.69) is 5.32 Å². The number of carbonyl (C=O) groups excluding carboxylic acids is 2. The zero-order valence-corrected chi connectivity index (χ0v) is 21.2. The topological polar surface area (TPSA) is 67.9 Å². The lowest BCUT2D eigenvalue weighted by Crippen LogP contribution is -2.27. The third-order valence-corrected chi connectivity index (χ3v) is 6.85. The Morgan fingerprint density at radius 1 is 1.03 bits per heavy atom. The molecule has 0 spiro atoms. The molecule has 0 saturated carbocycles. The Bertz CT molecular complexity index is 1300. The van der Waals surface area contributed by atoms with E-state index in [1.807, 2.05) is 44.2 Å². The second-order valence-corrected chi connectivity index (χ2v) is 9.54. The molecule has 1 fully saturated rings. The van der Waals surface area contributed by atoms with Crippen LogP contribution in [-0.4, -0.2) is 29.9 Å². The number of nitrogens with one attached hydrogen (secondary N) is 1. The van der Waals surface area contributed by atoms with E-state index in [0.29, 0.717) is 26.4 Å². The molecule has 0 radical (unpaired) electrons. The first-order valence-electron chi connectivity index (χ1n) is 10.9. The van der Waals surface area contributed by atoms with E-state index in [4.69, 9.17) is 21.7 Å². The Kier molecular flexibility index (Phi) is 7.53. The summed E-state index contributed by atoms with van der Waals surface area (Å²) in [6, 6.07) is 20.1. The van der Waals surface area contributed by atoms with E-state index in [1.54, 1.807) is 49.6 Å². The largest absolute Gasteiger partial charge is 0.497 e. The molecule has 1 N–H and O–H groups in total. The van der Waals surface area contributed by atoms with Gasteiger partial charge in [0.05, 0.1) is 17.7 Å². The maximum atomic E-state index is 13.0. The summed E-state index contributed by atoms with van der Waals surface area (Å²) < 4.78 is 11.3. The predicted octanol–water partition coefficient (Wildman–Crippen LogP) is 5.74. The van der Waals surface area contributed by atoms with Crippen LogP contribution >= 0.6 is 24.0 Å². The van der Waals surface area contributed by atoms with Crippen LogP contribution in [0.4, 0.5) is 11.4 Å². The zero-order chi connectivity index (χ0) is 24.9. The van der Waals surface area contributed by atoms with Gasteiger partial charge in [0.25, 0.3) is 11.8 Å². The molecule has 35 heavy (non-hydrogen) atoms. The Morgan fingerprint density at radius 2 is 1.71 bits per heavy atom. The molecule has 4 rings (SSSR count). The van der Waals surface area contributed by atoms with Gasteiger partial charge in [0.2, 0.25) is 0 Å². The molecule has 0 aromatic heterocycles. The SMILES string of the molecule is COc1ccc(N2C(=O)/C(=C/c3ccc(OCC(=O)Nc4cccc(C)c4C)cc3)SC2=S)cc1. The van der Waals surface area contributed by atoms with E-state index in [-0.39, 0.29) is 18.4 Å². The quantitative estimate of drug-likeness (QED) is 0.327. The van der Waals surface area contributed by atoms with Gasteiger partial charge in [-0.15, -0.1) is 0 Å². The molecule has 0 bridgehead atoms. The first-order valence-corrected chi connectivity index (χ1v) is 12.1. The molecule has 3 aromatic rings. The number of anilines is 2. The van der Waals surface area contributed by atoms with Gasteiger partial charge >= 0.3 is 0 Å². The zero-order valence-electron chi connectivity index (χ0n) is 19.5. The van der Waals surface area contributed by atoms with Crippen LogP contribution in [0.25, 0.3) is 6.08 Å². The standard InChI is InChI=1S/C27H24N2O4S2/c1-17-5-4-6-23(18(17)2)28-25(30)16-33-22-11-7-19(8-12-22)15-24-26(31)29(27(34)35-24)20-9-13-21(32-3)14-10-20/h4-15H,16H2,1-3H3,(H,28,30)/b24-15-. The number of thioether (sulfide) groups is 1. The van der Waals surface area contributed by atoms with Crippen LogP contribution in [0.2, 0.25) is 0 Å². The van der Waals surface area contributed by atoms with Gasteiger partial charge in [-0.1, -0.05) is 48.2 Å². The number of carbonyl (C=O) groups is 2. The van der Waals surface area contributed by atoms with Crippen molar-refractivity contribution in [3.63, 3.8) is 0 Å². The van der Waals surface area contributed by atoms with Gasteiger partial charge in [-0.2, -0.15) is 0 Å². The molecule has 0 atom stereocenters. The molecular weight excluding hydrogens is 480 g/mol. The summed E-state index contributed by atoms with van der Waals surface area (Å²) in [6.45, 7) is 3.86. The lowest BCUT2D eigenvalue weighted by Gasteiger charge is -2.14. The number of benzene rings is 3. The molecule has 1 saturated heterocycles. The number of hydrogen-bond donors (Lipinski definition) is 1. The van der Waals surface area contributed by atoms with Crippen molar-refractivity contribution in [1.82, 2.24) is 0 Å². The van der Waals surface area contributed by atoms with E-state index in [0.717, 1.165) is 22.4 Å². The molecule has 0 aliphatic carbocycles. The van der Waals surface area contributed by atoms with E-state index in [9.17, 15) is 9.59 Å². The second kappa shape index (κ2) is 10.8. The summed E-state index contributed by atoms with van der Waals surface area (Å²) in [7, 11) is 1.59. The molecule has 1 aliphatic heterocycles. The van der Waals surface area contributed by atoms with Crippen molar-refractivity contribution in [3.05, 3.63) is 88.3 Å². The molecule has 6 nitrogen and oxygen atoms in total. The highest BCUT2D eigenvalue weighted by Gasteiger charge is 2.33. The smallest absolute Gasteiger partial charge is 0.270 e. The minimum Gasteiger partial charge on any atom is -0.497 e. The van der Waals surface area contributed by atoms with Gasteiger partial charge in [-0.05, 0) is 79.1 Å². The van der Waals surface area contributed by atoms with Crippen LogP contribution < -0.4 is 19.7 Å². The molecule has 3 aromatic carbocycles. The van der Waals surface area contributed by atoms with Gasteiger partial charge in [0.15, 0.2) is 10.9 Å². The minimum absolute atomic E-state index is 0.104. The van der Waals surface area contributed by atoms with Gasteiger partial charge in [0, 0.05) is 5.69 Å². The first kappa shape index (κ1) is 24.5. The van der Waals surface area contributed by atoms with Gasteiger partial charge in [-0.3, -0.25) is 14.5 Å². The Labute approximate surface area is 213 Å². The lowest BCUT2D eigenvalue weighted by molar-refractivity contribution is -0.118. The molecule has 178 valence electrons. The molecule has 8 heteroatoms. The number of thiocarbonyl (C=S) groups is 1. The number of ether oxygens (including phenoxy) is 2. The third-order valence-electron chi connectivity index (χ3n) is 5.55. The molecule has 1 aliphatic rings. The number of nitrogens with zero attached hydrogens (tertiary/aromatic N) is 1. The van der Waals surface area contributed by atoms with Crippen LogP contribution in [-0.2, 0) is 9.59 Å². The van der Waals surface area contributed by atoms with Gasteiger partial charge in [-0.25, -0.2) is 0 Å². The first-order chi connectivity index (χ1) is 16.9. The fourth-order valence-corrected chi connectivity index (χ4v) is 4.75. The number of aryl methyl sites for hydroxylation is 1. The number of rotatable bonds is 7. The Hall–Kier alpha value is -3.62. The summed E-state index contributed by atoms with van der Waals surface area (Å²) in [6.07, 6.45) is 1.79. The van der Waals surface area contributed by atoms with Gasteiger partial charge in [0.1, 0.15) is 11.5 Å². The van der Waals surface area contributed by atoms with Crippen molar-refractivity contribution < 1.29 is 19.1 Å². The van der Waals surface area contributed by atoms with Crippen LogP contribution in [0.15, 0.2) is 71.6 Å². The van der Waals surface area contributed by atoms with Crippen molar-refractivity contribution in [1.29, 1.82) is 0 Å². The second-order valence-electron chi connectivity index (χ2n) is 7.87. The summed E-state index contributed by atoms with van der Waals surface area (Å²) >= 11 is 6.69. The molecule has 0 unspecified atom stereocenters. The van der Waals surface area contributed by atoms with Crippen LogP contribution in [0.5, 0.6) is 11.5 Å². The highest BCUT2D eigenvalue weighted by atomic mass is 32.2. The van der Waals surface area contributed by atoms with Crippen molar-refractivity contribution >= 4 is 57.6 Å². The number of amides is 2. The number of hydrogen-bond acceptors (Lipinski definition) is 6. The van der Waals surface area contributed by atoms with E-state index < -0.39 is 0 Å². The Morgan fingerprint density at radius 3 is 2.40 bits per heavy atom. The average Bonchev–Trinajstić information content (AvgIpc) is 3.14. The van der Waals surface area contributed by atoms with Crippen LogP contribution in [0, 0.1) is 13.8 Å².